The minimum absolute atomic E-state index is 0.514. The fraction of sp³-hybridized carbons (Fsp3) is 0.176. The van der Waals surface area contributed by atoms with Crippen LogP contribution in [-0.4, -0.2) is 17.4 Å². The summed E-state index contributed by atoms with van der Waals surface area (Å²) in [5, 5.41) is 8.08. The van der Waals surface area contributed by atoms with Crippen molar-refractivity contribution < 1.29 is 4.74 Å². The van der Waals surface area contributed by atoms with Gasteiger partial charge in [0.25, 0.3) is 0 Å². The Balaban J connectivity index is 1.59. The van der Waals surface area contributed by atoms with Crippen molar-refractivity contribution in [3.05, 3.63) is 65.7 Å². The average molecular weight is 311 g/mol. The van der Waals surface area contributed by atoms with E-state index in [9.17, 15) is 0 Å². The molecule has 5 heteroatoms. The molecular formula is C17H17N3OS. The molecular weight excluding hydrogens is 294 g/mol. The Morgan fingerprint density at radius 1 is 1.09 bits per heavy atom. The molecule has 0 radical (unpaired) electrons. The van der Waals surface area contributed by atoms with E-state index in [4.69, 9.17) is 17.0 Å². The van der Waals surface area contributed by atoms with E-state index in [1.807, 2.05) is 42.5 Å². The molecule has 3 rings (SSSR count). The van der Waals surface area contributed by atoms with Crippen LogP contribution in [0.2, 0.25) is 0 Å². The number of hydrogen-bond donors (Lipinski definition) is 2. The van der Waals surface area contributed by atoms with E-state index >= 15 is 0 Å². The van der Waals surface area contributed by atoms with Gasteiger partial charge >= 0.3 is 0 Å². The Morgan fingerprint density at radius 2 is 1.86 bits per heavy atom. The lowest BCUT2D eigenvalue weighted by molar-refractivity contribution is 0.320. The number of hydrazone groups is 1. The van der Waals surface area contributed by atoms with Crippen LogP contribution in [0.15, 0.2) is 59.7 Å². The normalized spacial score (nSPS) is 14.8. The molecule has 2 aromatic carbocycles. The Morgan fingerprint density at radius 3 is 2.73 bits per heavy atom. The van der Waals surface area contributed by atoms with Crippen LogP contribution in [0.3, 0.4) is 0 Å². The second kappa shape index (κ2) is 7.04. The van der Waals surface area contributed by atoms with Gasteiger partial charge in [-0.25, -0.2) is 0 Å². The first-order valence-electron chi connectivity index (χ1n) is 7.19. The molecule has 0 bridgehead atoms. The number of hydrogen-bond acceptors (Lipinski definition) is 3. The Hall–Kier alpha value is -2.40. The molecule has 0 saturated carbocycles. The lowest BCUT2D eigenvalue weighted by atomic mass is 10.0. The third-order valence-electron chi connectivity index (χ3n) is 3.38. The molecule has 1 heterocycles. The van der Waals surface area contributed by atoms with Crippen LogP contribution in [0.5, 0.6) is 5.75 Å². The number of rotatable bonds is 3. The maximum absolute atomic E-state index is 5.61. The summed E-state index contributed by atoms with van der Waals surface area (Å²) >= 11 is 5.26. The molecule has 1 aliphatic rings. The second-order valence-electron chi connectivity index (χ2n) is 4.93. The lowest BCUT2D eigenvalue weighted by Gasteiger charge is -2.19. The molecule has 0 spiro atoms. The summed E-state index contributed by atoms with van der Waals surface area (Å²) in [5.74, 6) is 0.873. The van der Waals surface area contributed by atoms with Crippen molar-refractivity contribution in [2.24, 2.45) is 5.10 Å². The topological polar surface area (TPSA) is 45.7 Å². The van der Waals surface area contributed by atoms with Gasteiger partial charge in [0, 0.05) is 18.5 Å². The van der Waals surface area contributed by atoms with Crippen molar-refractivity contribution in [2.45, 2.75) is 13.0 Å². The molecule has 2 N–H and O–H groups in total. The van der Waals surface area contributed by atoms with Gasteiger partial charge in [0.15, 0.2) is 5.11 Å². The van der Waals surface area contributed by atoms with Gasteiger partial charge in [-0.1, -0.05) is 42.5 Å². The van der Waals surface area contributed by atoms with Crippen LogP contribution in [0.1, 0.15) is 17.5 Å². The smallest absolute Gasteiger partial charge is 0.187 e. The molecule has 0 amide bonds. The fourth-order valence-electron chi connectivity index (χ4n) is 2.28. The third kappa shape index (κ3) is 3.62. The number of nitrogens with zero attached hydrogens (tertiary/aromatic N) is 1. The van der Waals surface area contributed by atoms with Crippen LogP contribution in [0.25, 0.3) is 0 Å². The Bertz CT molecular complexity index is 685. The number of fused-ring (bicyclic) bond motifs is 1. The summed E-state index contributed by atoms with van der Waals surface area (Å²) in [6, 6.07) is 18.0. The van der Waals surface area contributed by atoms with Gasteiger partial charge in [0.05, 0.1) is 12.3 Å². The van der Waals surface area contributed by atoms with Crippen molar-refractivity contribution in [1.82, 2.24) is 10.7 Å². The van der Waals surface area contributed by atoms with Crippen molar-refractivity contribution in [1.29, 1.82) is 0 Å². The van der Waals surface area contributed by atoms with Gasteiger partial charge in [0.1, 0.15) is 5.75 Å². The van der Waals surface area contributed by atoms with Crippen LogP contribution in [0, 0.1) is 0 Å². The average Bonchev–Trinajstić information content (AvgIpc) is 2.59. The van der Waals surface area contributed by atoms with Crippen LogP contribution in [0.4, 0.5) is 0 Å². The highest BCUT2D eigenvalue weighted by molar-refractivity contribution is 7.80. The molecule has 2 aromatic rings. The number of ether oxygens (including phenoxy) is 1. The summed E-state index contributed by atoms with van der Waals surface area (Å²) in [5.41, 5.74) is 6.08. The molecule has 0 atom stereocenters. The quantitative estimate of drug-likeness (QED) is 0.676. The molecule has 4 nitrogen and oxygen atoms in total. The first kappa shape index (κ1) is 14.5. The highest BCUT2D eigenvalue weighted by Crippen LogP contribution is 2.24. The van der Waals surface area contributed by atoms with E-state index in [0.29, 0.717) is 18.3 Å². The SMILES string of the molecule is S=C(NCc1ccccc1)NN=C1CCOc2ccccc21. The summed E-state index contributed by atoms with van der Waals surface area (Å²) in [4.78, 5) is 0. The van der Waals surface area contributed by atoms with Gasteiger partial charge in [-0.3, -0.25) is 5.43 Å². The van der Waals surface area contributed by atoms with Crippen LogP contribution < -0.4 is 15.5 Å². The molecule has 22 heavy (non-hydrogen) atoms. The number of benzene rings is 2. The summed E-state index contributed by atoms with van der Waals surface area (Å²) < 4.78 is 5.61. The van der Waals surface area contributed by atoms with E-state index in [2.05, 4.69) is 28.0 Å². The van der Waals surface area contributed by atoms with E-state index in [0.717, 1.165) is 23.4 Å². The zero-order valence-electron chi connectivity index (χ0n) is 12.1. The standard InChI is InChI=1S/C17H17N3OS/c22-17(18-12-13-6-2-1-3-7-13)20-19-15-10-11-21-16-9-5-4-8-14(15)16/h1-9H,10-12H2,(H2,18,20,22). The van der Waals surface area contributed by atoms with Crippen molar-refractivity contribution in [3.63, 3.8) is 0 Å². The third-order valence-corrected chi connectivity index (χ3v) is 3.62. The first-order chi connectivity index (χ1) is 10.8. The highest BCUT2D eigenvalue weighted by Gasteiger charge is 2.15. The molecule has 1 aliphatic heterocycles. The monoisotopic (exact) mass is 311 g/mol. The second-order valence-corrected chi connectivity index (χ2v) is 5.34. The molecule has 0 aliphatic carbocycles. The van der Waals surface area contributed by atoms with Gasteiger partial charge in [-0.2, -0.15) is 5.10 Å². The molecule has 112 valence electrons. The van der Waals surface area contributed by atoms with Gasteiger partial charge < -0.3 is 10.1 Å². The summed E-state index contributed by atoms with van der Waals surface area (Å²) in [6.45, 7) is 1.32. The van der Waals surface area contributed by atoms with Crippen molar-refractivity contribution in [3.8, 4) is 5.75 Å². The predicted octanol–water partition coefficient (Wildman–Crippen LogP) is 2.84. The molecule has 0 unspecified atom stereocenters. The maximum Gasteiger partial charge on any atom is 0.187 e. The van der Waals surface area contributed by atoms with E-state index < -0.39 is 0 Å². The fourth-order valence-corrected chi connectivity index (χ4v) is 2.39. The van der Waals surface area contributed by atoms with Crippen LogP contribution in [-0.2, 0) is 6.54 Å². The lowest BCUT2D eigenvalue weighted by Crippen LogP contribution is -2.32. The summed E-state index contributed by atoms with van der Waals surface area (Å²) in [6.07, 6.45) is 0.769. The van der Waals surface area contributed by atoms with E-state index in [-0.39, 0.29) is 0 Å². The zero-order chi connectivity index (χ0) is 15.2. The van der Waals surface area contributed by atoms with Gasteiger partial charge in [-0.15, -0.1) is 0 Å². The van der Waals surface area contributed by atoms with E-state index in [1.165, 1.54) is 5.56 Å². The van der Waals surface area contributed by atoms with Crippen LogP contribution >= 0.6 is 12.2 Å². The highest BCUT2D eigenvalue weighted by atomic mass is 32.1. The predicted molar refractivity (Wildman–Crippen MR) is 92.1 cm³/mol. The minimum atomic E-state index is 0.514. The number of nitrogens with one attached hydrogen (secondary N) is 2. The maximum atomic E-state index is 5.61. The molecule has 0 aromatic heterocycles. The van der Waals surface area contributed by atoms with Gasteiger partial charge in [-0.05, 0) is 29.9 Å². The van der Waals surface area contributed by atoms with Gasteiger partial charge in [0.2, 0.25) is 0 Å². The van der Waals surface area contributed by atoms with E-state index in [1.54, 1.807) is 0 Å². The molecule has 0 fully saturated rings. The first-order valence-corrected chi connectivity index (χ1v) is 7.60. The molecule has 0 saturated heterocycles. The Labute approximate surface area is 135 Å². The number of para-hydroxylation sites is 1. The van der Waals surface area contributed by atoms with Crippen molar-refractivity contribution >= 4 is 23.0 Å². The zero-order valence-corrected chi connectivity index (χ0v) is 12.9. The Kier molecular flexibility index (Phi) is 4.65. The van der Waals surface area contributed by atoms with Crippen molar-refractivity contribution in [2.75, 3.05) is 6.61 Å². The largest absolute Gasteiger partial charge is 0.492 e. The minimum Gasteiger partial charge on any atom is -0.492 e. The number of thiocarbonyl (C=S) groups is 1. The summed E-state index contributed by atoms with van der Waals surface area (Å²) in [7, 11) is 0.